The number of nitrogens with zero attached hydrogens (tertiary/aromatic N) is 2. The monoisotopic (exact) mass is 297 g/mol. The van der Waals surface area contributed by atoms with Crippen LogP contribution in [0.2, 0.25) is 5.02 Å². The van der Waals surface area contributed by atoms with Crippen LogP contribution in [-0.4, -0.2) is 9.97 Å². The Morgan fingerprint density at radius 2 is 1.57 bits per heavy atom. The van der Waals surface area contributed by atoms with Gasteiger partial charge in [0.1, 0.15) is 5.82 Å². The summed E-state index contributed by atoms with van der Waals surface area (Å²) < 4.78 is 0. The summed E-state index contributed by atoms with van der Waals surface area (Å²) >= 11 is 5.92. The van der Waals surface area contributed by atoms with E-state index in [0.29, 0.717) is 0 Å². The molecule has 0 spiro atoms. The van der Waals surface area contributed by atoms with Gasteiger partial charge in [0, 0.05) is 5.02 Å². The number of aromatic nitrogens is 2. The predicted molar refractivity (Wildman–Crippen MR) is 87.8 cm³/mol. The zero-order chi connectivity index (χ0) is 14.8. The van der Waals surface area contributed by atoms with Gasteiger partial charge in [-0.1, -0.05) is 35.9 Å². The fourth-order valence-corrected chi connectivity index (χ4v) is 2.39. The molecular weight excluding hydrogens is 282 g/mol. The van der Waals surface area contributed by atoms with Crippen LogP contribution in [0, 0.1) is 6.92 Å². The molecule has 0 saturated carbocycles. The van der Waals surface area contributed by atoms with Crippen LogP contribution in [0.3, 0.4) is 0 Å². The van der Waals surface area contributed by atoms with Crippen molar-refractivity contribution in [3.63, 3.8) is 0 Å². The van der Waals surface area contributed by atoms with Crippen molar-refractivity contribution in [3.8, 4) is 0 Å². The molecule has 0 amide bonds. The molecule has 0 saturated heterocycles. The number of hydrogen-bond donors (Lipinski definition) is 1. The summed E-state index contributed by atoms with van der Waals surface area (Å²) in [6, 6.07) is 15.9. The minimum Gasteiger partial charge on any atom is -0.362 e. The first-order valence-electron chi connectivity index (χ1n) is 6.89. The molecule has 1 unspecified atom stereocenters. The lowest BCUT2D eigenvalue weighted by molar-refractivity contribution is 0.870. The number of benzene rings is 2. The van der Waals surface area contributed by atoms with Gasteiger partial charge < -0.3 is 5.32 Å². The van der Waals surface area contributed by atoms with E-state index in [1.54, 1.807) is 0 Å². The molecule has 1 N–H and O–H groups in total. The molecule has 21 heavy (non-hydrogen) atoms. The van der Waals surface area contributed by atoms with Crippen LogP contribution >= 0.6 is 11.6 Å². The fraction of sp³-hybridized carbons (Fsp3) is 0.176. The lowest BCUT2D eigenvalue weighted by Crippen LogP contribution is -2.10. The average Bonchev–Trinajstić information content (AvgIpc) is 2.48. The summed E-state index contributed by atoms with van der Waals surface area (Å²) in [4.78, 5) is 9.25. The minimum absolute atomic E-state index is 0.136. The fourth-order valence-electron chi connectivity index (χ4n) is 2.26. The Morgan fingerprint density at radius 1 is 0.952 bits per heavy atom. The van der Waals surface area contributed by atoms with Crippen molar-refractivity contribution in [2.75, 3.05) is 5.32 Å². The van der Waals surface area contributed by atoms with Gasteiger partial charge in [0.2, 0.25) is 0 Å². The minimum atomic E-state index is 0.136. The van der Waals surface area contributed by atoms with E-state index in [2.05, 4.69) is 22.2 Å². The highest BCUT2D eigenvalue weighted by atomic mass is 35.5. The zero-order valence-electron chi connectivity index (χ0n) is 12.0. The van der Waals surface area contributed by atoms with Gasteiger partial charge in [-0.15, -0.1) is 0 Å². The average molecular weight is 298 g/mol. The smallest absolute Gasteiger partial charge is 0.148 e. The Labute approximate surface area is 129 Å². The molecule has 1 heterocycles. The van der Waals surface area contributed by atoms with Crippen LogP contribution in [0.5, 0.6) is 0 Å². The summed E-state index contributed by atoms with van der Waals surface area (Å²) in [7, 11) is 0. The second-order valence-corrected chi connectivity index (χ2v) is 5.50. The molecular formula is C17H16ClN3. The molecule has 0 fully saturated rings. The highest BCUT2D eigenvalue weighted by Gasteiger charge is 2.10. The highest BCUT2D eigenvalue weighted by Crippen LogP contribution is 2.23. The van der Waals surface area contributed by atoms with Crippen molar-refractivity contribution in [3.05, 3.63) is 64.8 Å². The van der Waals surface area contributed by atoms with Gasteiger partial charge >= 0.3 is 0 Å². The van der Waals surface area contributed by atoms with E-state index in [0.717, 1.165) is 33.1 Å². The third kappa shape index (κ3) is 2.98. The van der Waals surface area contributed by atoms with Gasteiger partial charge in [0.25, 0.3) is 0 Å². The Hall–Kier alpha value is -2.13. The van der Waals surface area contributed by atoms with Crippen molar-refractivity contribution < 1.29 is 0 Å². The Balaban J connectivity index is 1.90. The second kappa shape index (κ2) is 5.70. The van der Waals surface area contributed by atoms with E-state index < -0.39 is 0 Å². The van der Waals surface area contributed by atoms with Gasteiger partial charge in [0.15, 0.2) is 0 Å². The molecule has 106 valence electrons. The maximum atomic E-state index is 5.92. The molecule has 0 aliphatic heterocycles. The molecule has 3 aromatic rings. The third-order valence-corrected chi connectivity index (χ3v) is 3.72. The number of anilines is 1. The van der Waals surface area contributed by atoms with Crippen molar-refractivity contribution in [2.45, 2.75) is 19.9 Å². The molecule has 2 aromatic carbocycles. The lowest BCUT2D eigenvalue weighted by atomic mass is 10.1. The maximum Gasteiger partial charge on any atom is 0.148 e. The van der Waals surface area contributed by atoms with Crippen molar-refractivity contribution in [2.24, 2.45) is 0 Å². The summed E-state index contributed by atoms with van der Waals surface area (Å²) in [5.41, 5.74) is 3.87. The van der Waals surface area contributed by atoms with Crippen molar-refractivity contribution >= 4 is 28.5 Å². The largest absolute Gasteiger partial charge is 0.362 e. The summed E-state index contributed by atoms with van der Waals surface area (Å²) in [5, 5.41) is 4.16. The molecule has 0 radical (unpaired) electrons. The number of nitrogens with one attached hydrogen (secondary N) is 1. The maximum absolute atomic E-state index is 5.92. The highest BCUT2D eigenvalue weighted by molar-refractivity contribution is 6.30. The number of para-hydroxylation sites is 2. The van der Waals surface area contributed by atoms with Crippen LogP contribution in [0.15, 0.2) is 48.5 Å². The van der Waals surface area contributed by atoms with E-state index in [-0.39, 0.29) is 6.04 Å². The van der Waals surface area contributed by atoms with Gasteiger partial charge in [-0.25, -0.2) is 9.97 Å². The van der Waals surface area contributed by atoms with Gasteiger partial charge in [-0.3, -0.25) is 0 Å². The normalized spacial score (nSPS) is 12.3. The van der Waals surface area contributed by atoms with Gasteiger partial charge in [0.05, 0.1) is 22.8 Å². The van der Waals surface area contributed by atoms with Crippen LogP contribution in [0.25, 0.3) is 11.0 Å². The first kappa shape index (κ1) is 13.8. The number of hydrogen-bond acceptors (Lipinski definition) is 3. The molecule has 1 atom stereocenters. The third-order valence-electron chi connectivity index (χ3n) is 3.47. The van der Waals surface area contributed by atoms with E-state index in [1.807, 2.05) is 55.5 Å². The zero-order valence-corrected chi connectivity index (χ0v) is 12.7. The number of fused-ring (bicyclic) bond motifs is 1. The Morgan fingerprint density at radius 3 is 2.24 bits per heavy atom. The predicted octanol–water partition coefficient (Wildman–Crippen LogP) is 4.76. The van der Waals surface area contributed by atoms with E-state index in [4.69, 9.17) is 11.6 Å². The first-order valence-corrected chi connectivity index (χ1v) is 7.26. The van der Waals surface area contributed by atoms with E-state index in [1.165, 1.54) is 0 Å². The number of rotatable bonds is 3. The topological polar surface area (TPSA) is 37.8 Å². The van der Waals surface area contributed by atoms with Gasteiger partial charge in [-0.05, 0) is 43.7 Å². The standard InChI is InChI=1S/C17H16ClN3/c1-11(13-7-9-14(18)10-8-13)20-17-12(2)19-15-5-3-4-6-16(15)21-17/h3-11H,1-2H3,(H,20,21). The quantitative estimate of drug-likeness (QED) is 0.757. The van der Waals surface area contributed by atoms with Gasteiger partial charge in [-0.2, -0.15) is 0 Å². The van der Waals surface area contributed by atoms with Crippen LogP contribution in [0.1, 0.15) is 24.2 Å². The molecule has 4 heteroatoms. The SMILES string of the molecule is Cc1nc2ccccc2nc1NC(C)c1ccc(Cl)cc1. The van der Waals surface area contributed by atoms with Crippen LogP contribution in [-0.2, 0) is 0 Å². The van der Waals surface area contributed by atoms with E-state index in [9.17, 15) is 0 Å². The molecule has 1 aromatic heterocycles. The molecule has 0 aliphatic rings. The number of halogens is 1. The first-order chi connectivity index (χ1) is 10.1. The molecule has 3 nitrogen and oxygen atoms in total. The number of aryl methyl sites for hydroxylation is 1. The van der Waals surface area contributed by atoms with Crippen LogP contribution in [0.4, 0.5) is 5.82 Å². The molecule has 3 rings (SSSR count). The lowest BCUT2D eigenvalue weighted by Gasteiger charge is -2.16. The Bertz CT molecular complexity index is 769. The summed E-state index contributed by atoms with van der Waals surface area (Å²) in [6.07, 6.45) is 0. The van der Waals surface area contributed by atoms with Crippen LogP contribution < -0.4 is 5.32 Å². The molecule has 0 bridgehead atoms. The van der Waals surface area contributed by atoms with Crippen molar-refractivity contribution in [1.29, 1.82) is 0 Å². The van der Waals surface area contributed by atoms with E-state index >= 15 is 0 Å². The Kier molecular flexibility index (Phi) is 3.76. The van der Waals surface area contributed by atoms with Crippen molar-refractivity contribution in [1.82, 2.24) is 9.97 Å². The second-order valence-electron chi connectivity index (χ2n) is 5.06. The summed E-state index contributed by atoms with van der Waals surface area (Å²) in [6.45, 7) is 4.07. The summed E-state index contributed by atoms with van der Waals surface area (Å²) in [5.74, 6) is 0.816. The molecule has 0 aliphatic carbocycles.